The Kier molecular flexibility index (Phi) is 6.32. The standard InChI is InChI=1S/C19H25FN4OS/c1-15-13-16(2)24(21-15)12-9-22-7-10-23(11-8-22)19(25)14-26-18-5-3-17(20)4-6-18/h3-6,13H,7-12,14H2,1-2H3. The molecule has 7 heteroatoms. The highest BCUT2D eigenvalue weighted by atomic mass is 32.2. The minimum absolute atomic E-state index is 0.150. The Morgan fingerprint density at radius 1 is 1.12 bits per heavy atom. The van der Waals surface area contributed by atoms with Crippen molar-refractivity contribution in [3.8, 4) is 0 Å². The number of hydrogen-bond donors (Lipinski definition) is 0. The van der Waals surface area contributed by atoms with Gasteiger partial charge in [0, 0.05) is 43.3 Å². The lowest BCUT2D eigenvalue weighted by Crippen LogP contribution is -2.49. The number of aryl methyl sites for hydroxylation is 2. The molecular formula is C19H25FN4OS. The van der Waals surface area contributed by atoms with Crippen molar-refractivity contribution in [1.82, 2.24) is 19.6 Å². The maximum atomic E-state index is 12.9. The zero-order valence-electron chi connectivity index (χ0n) is 15.3. The molecule has 0 spiro atoms. The first-order chi connectivity index (χ1) is 12.5. The van der Waals surface area contributed by atoms with E-state index in [0.717, 1.165) is 49.9 Å². The summed E-state index contributed by atoms with van der Waals surface area (Å²) in [5.41, 5.74) is 2.24. The molecule has 1 amide bonds. The molecule has 1 aromatic carbocycles. The third-order valence-corrected chi connectivity index (χ3v) is 5.63. The van der Waals surface area contributed by atoms with Gasteiger partial charge in [0.05, 0.1) is 18.0 Å². The summed E-state index contributed by atoms with van der Waals surface area (Å²) >= 11 is 1.46. The topological polar surface area (TPSA) is 41.4 Å². The van der Waals surface area contributed by atoms with Crippen molar-refractivity contribution in [1.29, 1.82) is 0 Å². The van der Waals surface area contributed by atoms with E-state index < -0.39 is 0 Å². The van der Waals surface area contributed by atoms with E-state index >= 15 is 0 Å². The van der Waals surface area contributed by atoms with E-state index in [1.807, 2.05) is 16.5 Å². The molecule has 0 unspecified atom stereocenters. The number of nitrogens with zero attached hydrogens (tertiary/aromatic N) is 4. The van der Waals surface area contributed by atoms with Crippen LogP contribution in [0, 0.1) is 19.7 Å². The fourth-order valence-electron chi connectivity index (χ4n) is 3.13. The van der Waals surface area contributed by atoms with E-state index in [-0.39, 0.29) is 11.7 Å². The number of aromatic nitrogens is 2. The molecule has 0 bridgehead atoms. The molecule has 1 aliphatic heterocycles. The number of piperazine rings is 1. The van der Waals surface area contributed by atoms with Crippen LogP contribution in [0.5, 0.6) is 0 Å². The summed E-state index contributed by atoms with van der Waals surface area (Å²) in [5.74, 6) is 0.298. The monoisotopic (exact) mass is 376 g/mol. The van der Waals surface area contributed by atoms with Crippen LogP contribution in [0.25, 0.3) is 0 Å². The summed E-state index contributed by atoms with van der Waals surface area (Å²) in [6.07, 6.45) is 0. The molecule has 1 fully saturated rings. The molecule has 0 saturated carbocycles. The van der Waals surface area contributed by atoms with E-state index in [0.29, 0.717) is 5.75 Å². The lowest BCUT2D eigenvalue weighted by molar-refractivity contribution is -0.130. The highest BCUT2D eigenvalue weighted by molar-refractivity contribution is 8.00. The molecule has 2 aromatic rings. The van der Waals surface area contributed by atoms with Crippen LogP contribution in [0.1, 0.15) is 11.4 Å². The van der Waals surface area contributed by atoms with Crippen molar-refractivity contribution >= 4 is 17.7 Å². The SMILES string of the molecule is Cc1cc(C)n(CCN2CCN(C(=O)CSc3ccc(F)cc3)CC2)n1. The van der Waals surface area contributed by atoms with Gasteiger partial charge in [-0.3, -0.25) is 14.4 Å². The molecule has 0 atom stereocenters. The molecule has 1 saturated heterocycles. The number of thioether (sulfide) groups is 1. The zero-order valence-corrected chi connectivity index (χ0v) is 16.1. The fraction of sp³-hybridized carbons (Fsp3) is 0.474. The quantitative estimate of drug-likeness (QED) is 0.727. The van der Waals surface area contributed by atoms with E-state index in [4.69, 9.17) is 0 Å². The van der Waals surface area contributed by atoms with Crippen LogP contribution in [-0.2, 0) is 11.3 Å². The van der Waals surface area contributed by atoms with Crippen molar-refractivity contribution < 1.29 is 9.18 Å². The van der Waals surface area contributed by atoms with Gasteiger partial charge in [-0.2, -0.15) is 5.10 Å². The summed E-state index contributed by atoms with van der Waals surface area (Å²) in [6, 6.07) is 8.37. The fourth-order valence-corrected chi connectivity index (χ4v) is 3.93. The maximum absolute atomic E-state index is 12.9. The Labute approximate surface area is 158 Å². The lowest BCUT2D eigenvalue weighted by atomic mass is 10.3. The van der Waals surface area contributed by atoms with E-state index in [1.54, 1.807) is 12.1 Å². The van der Waals surface area contributed by atoms with Gasteiger partial charge in [0.2, 0.25) is 5.91 Å². The largest absolute Gasteiger partial charge is 0.339 e. The summed E-state index contributed by atoms with van der Waals surface area (Å²) in [7, 11) is 0. The number of rotatable bonds is 6. The van der Waals surface area contributed by atoms with E-state index in [2.05, 4.69) is 23.0 Å². The first kappa shape index (κ1) is 18.9. The second kappa shape index (κ2) is 8.68. The van der Waals surface area contributed by atoms with Gasteiger partial charge in [0.1, 0.15) is 5.82 Å². The molecule has 0 radical (unpaired) electrons. The smallest absolute Gasteiger partial charge is 0.233 e. The second-order valence-corrected chi connectivity index (χ2v) is 7.66. The lowest BCUT2D eigenvalue weighted by Gasteiger charge is -2.34. The predicted molar refractivity (Wildman–Crippen MR) is 102 cm³/mol. The number of halogens is 1. The maximum Gasteiger partial charge on any atom is 0.233 e. The van der Waals surface area contributed by atoms with E-state index in [1.165, 1.54) is 29.6 Å². The van der Waals surface area contributed by atoms with Gasteiger partial charge >= 0.3 is 0 Å². The van der Waals surface area contributed by atoms with Crippen LogP contribution in [-0.4, -0.2) is 64.0 Å². The van der Waals surface area contributed by atoms with Gasteiger partial charge < -0.3 is 4.90 Å². The normalized spacial score (nSPS) is 15.4. The van der Waals surface area contributed by atoms with Crippen LogP contribution in [0.15, 0.2) is 35.2 Å². The first-order valence-electron chi connectivity index (χ1n) is 8.91. The summed E-state index contributed by atoms with van der Waals surface area (Å²) in [5, 5.41) is 4.50. The average Bonchev–Trinajstić information content (AvgIpc) is 2.97. The van der Waals surface area contributed by atoms with Gasteiger partial charge in [-0.15, -0.1) is 11.8 Å². The predicted octanol–water partition coefficient (Wildman–Crippen LogP) is 2.58. The molecule has 1 aliphatic rings. The summed E-state index contributed by atoms with van der Waals surface area (Å²) in [4.78, 5) is 17.6. The number of amides is 1. The second-order valence-electron chi connectivity index (χ2n) is 6.62. The van der Waals surface area contributed by atoms with Crippen LogP contribution in [0.3, 0.4) is 0 Å². The average molecular weight is 377 g/mol. The first-order valence-corrected chi connectivity index (χ1v) is 9.89. The van der Waals surface area contributed by atoms with Gasteiger partial charge in [-0.1, -0.05) is 0 Å². The van der Waals surface area contributed by atoms with Gasteiger partial charge in [0.15, 0.2) is 0 Å². The molecule has 0 N–H and O–H groups in total. The number of benzene rings is 1. The highest BCUT2D eigenvalue weighted by Crippen LogP contribution is 2.19. The number of carbonyl (C=O) groups is 1. The van der Waals surface area contributed by atoms with Crippen LogP contribution >= 0.6 is 11.8 Å². The Hall–Kier alpha value is -1.86. The Balaban J connectivity index is 1.39. The molecular weight excluding hydrogens is 351 g/mol. The van der Waals surface area contributed by atoms with Crippen molar-refractivity contribution in [3.05, 3.63) is 47.5 Å². The molecule has 0 aliphatic carbocycles. The molecule has 5 nitrogen and oxygen atoms in total. The molecule has 26 heavy (non-hydrogen) atoms. The van der Waals surface area contributed by atoms with E-state index in [9.17, 15) is 9.18 Å². The van der Waals surface area contributed by atoms with Crippen LogP contribution < -0.4 is 0 Å². The Morgan fingerprint density at radius 2 is 1.81 bits per heavy atom. The van der Waals surface area contributed by atoms with Crippen LogP contribution in [0.2, 0.25) is 0 Å². The third-order valence-electron chi connectivity index (χ3n) is 4.63. The third kappa shape index (κ3) is 5.08. The number of hydrogen-bond acceptors (Lipinski definition) is 4. The molecule has 3 rings (SSSR count). The van der Waals surface area contributed by atoms with Crippen molar-refractivity contribution in [2.75, 3.05) is 38.5 Å². The zero-order chi connectivity index (χ0) is 18.5. The van der Waals surface area contributed by atoms with Crippen LogP contribution in [0.4, 0.5) is 4.39 Å². The Morgan fingerprint density at radius 3 is 2.42 bits per heavy atom. The summed E-state index contributed by atoms with van der Waals surface area (Å²) in [6.45, 7) is 9.24. The van der Waals surface area contributed by atoms with Crippen molar-refractivity contribution in [2.45, 2.75) is 25.3 Å². The minimum atomic E-state index is -0.253. The minimum Gasteiger partial charge on any atom is -0.339 e. The van der Waals surface area contributed by atoms with Gasteiger partial charge in [-0.05, 0) is 44.2 Å². The molecule has 140 valence electrons. The van der Waals surface area contributed by atoms with Gasteiger partial charge in [-0.25, -0.2) is 4.39 Å². The molecule has 1 aromatic heterocycles. The molecule has 2 heterocycles. The van der Waals surface area contributed by atoms with Crippen molar-refractivity contribution in [3.63, 3.8) is 0 Å². The summed E-state index contributed by atoms with van der Waals surface area (Å²) < 4.78 is 15.0. The Bertz CT molecular complexity index is 738. The van der Waals surface area contributed by atoms with Gasteiger partial charge in [0.25, 0.3) is 0 Å². The van der Waals surface area contributed by atoms with Crippen molar-refractivity contribution in [2.24, 2.45) is 0 Å². The number of carbonyl (C=O) groups excluding carboxylic acids is 1. The highest BCUT2D eigenvalue weighted by Gasteiger charge is 2.21.